The highest BCUT2D eigenvalue weighted by atomic mass is 32.2. The van der Waals surface area contributed by atoms with Gasteiger partial charge in [-0.3, -0.25) is 4.79 Å². The Labute approximate surface area is 148 Å². The van der Waals surface area contributed by atoms with Crippen LogP contribution in [0.5, 0.6) is 0 Å². The van der Waals surface area contributed by atoms with Crippen LogP contribution in [0.25, 0.3) is 0 Å². The summed E-state index contributed by atoms with van der Waals surface area (Å²) in [6.45, 7) is 0.0747. The molecule has 2 heterocycles. The lowest BCUT2D eigenvalue weighted by Gasteiger charge is -2.32. The molecule has 0 unspecified atom stereocenters. The number of aromatic nitrogens is 2. The summed E-state index contributed by atoms with van der Waals surface area (Å²) < 4.78 is 1.09. The van der Waals surface area contributed by atoms with Crippen molar-refractivity contribution in [3.63, 3.8) is 0 Å². The SMILES string of the molecule is N#Cc1cnn(C(=O)CN2c3ccccc3Sc3ccccc32)c1N. The second kappa shape index (κ2) is 6.00. The summed E-state index contributed by atoms with van der Waals surface area (Å²) in [7, 11) is 0. The van der Waals surface area contributed by atoms with Crippen LogP contribution in [-0.2, 0) is 0 Å². The average Bonchev–Trinajstić information content (AvgIpc) is 3.02. The van der Waals surface area contributed by atoms with Gasteiger partial charge >= 0.3 is 0 Å². The van der Waals surface area contributed by atoms with E-state index < -0.39 is 0 Å². The number of nitrogens with zero attached hydrogens (tertiary/aromatic N) is 4. The Morgan fingerprint density at radius 3 is 2.28 bits per heavy atom. The lowest BCUT2D eigenvalue weighted by Crippen LogP contribution is -2.31. The summed E-state index contributed by atoms with van der Waals surface area (Å²) >= 11 is 1.68. The first-order chi connectivity index (χ1) is 12.2. The van der Waals surface area contributed by atoms with Crippen molar-refractivity contribution in [2.45, 2.75) is 9.79 Å². The van der Waals surface area contributed by atoms with Crippen molar-refractivity contribution in [3.8, 4) is 6.07 Å². The van der Waals surface area contributed by atoms with E-state index >= 15 is 0 Å². The number of anilines is 3. The van der Waals surface area contributed by atoms with Crippen LogP contribution in [-0.4, -0.2) is 22.2 Å². The molecule has 0 bridgehead atoms. The number of nitriles is 1. The fourth-order valence-electron chi connectivity index (χ4n) is 2.80. The van der Waals surface area contributed by atoms with E-state index in [1.807, 2.05) is 59.5 Å². The highest BCUT2D eigenvalue weighted by molar-refractivity contribution is 7.99. The maximum atomic E-state index is 12.7. The number of carbonyl (C=O) groups excluding carboxylic acids is 1. The van der Waals surface area contributed by atoms with Gasteiger partial charge in [-0.25, -0.2) is 0 Å². The number of hydrogen-bond donors (Lipinski definition) is 1. The largest absolute Gasteiger partial charge is 0.382 e. The number of hydrogen-bond acceptors (Lipinski definition) is 6. The van der Waals surface area contributed by atoms with E-state index in [-0.39, 0.29) is 23.8 Å². The zero-order chi connectivity index (χ0) is 17.4. The molecule has 2 N–H and O–H groups in total. The first-order valence-corrected chi connectivity index (χ1v) is 8.41. The van der Waals surface area contributed by atoms with Crippen molar-refractivity contribution in [1.82, 2.24) is 9.78 Å². The molecule has 2 aromatic carbocycles. The molecule has 1 aliphatic heterocycles. The van der Waals surface area contributed by atoms with Gasteiger partial charge in [0, 0.05) is 9.79 Å². The molecule has 25 heavy (non-hydrogen) atoms. The lowest BCUT2D eigenvalue weighted by molar-refractivity contribution is 0.0911. The molecule has 0 aliphatic carbocycles. The Morgan fingerprint density at radius 2 is 1.72 bits per heavy atom. The smallest absolute Gasteiger partial charge is 0.268 e. The Kier molecular flexibility index (Phi) is 3.67. The molecule has 0 amide bonds. The third kappa shape index (κ3) is 2.53. The minimum atomic E-state index is -0.296. The van der Waals surface area contributed by atoms with Gasteiger partial charge in [0.25, 0.3) is 5.91 Å². The molecule has 1 aromatic heterocycles. The van der Waals surface area contributed by atoms with E-state index in [1.54, 1.807) is 11.8 Å². The zero-order valence-corrected chi connectivity index (χ0v) is 13.9. The van der Waals surface area contributed by atoms with Crippen molar-refractivity contribution in [2.75, 3.05) is 17.2 Å². The van der Waals surface area contributed by atoms with Gasteiger partial charge in [0.2, 0.25) is 0 Å². The summed E-state index contributed by atoms with van der Waals surface area (Å²) in [6.07, 6.45) is 1.31. The van der Waals surface area contributed by atoms with Crippen molar-refractivity contribution in [2.24, 2.45) is 0 Å². The van der Waals surface area contributed by atoms with Gasteiger partial charge < -0.3 is 10.6 Å². The topological polar surface area (TPSA) is 87.9 Å². The normalized spacial score (nSPS) is 12.2. The Hall–Kier alpha value is -3.24. The molecule has 6 nitrogen and oxygen atoms in total. The standard InChI is InChI=1S/C18H13N5OS/c19-9-12-10-21-23(18(12)20)17(24)11-22-13-5-1-3-7-15(13)25-16-8-4-2-6-14(16)22/h1-8,10H,11,20H2. The van der Waals surface area contributed by atoms with E-state index in [4.69, 9.17) is 11.0 Å². The zero-order valence-electron chi connectivity index (χ0n) is 13.1. The van der Waals surface area contributed by atoms with Crippen LogP contribution in [0.15, 0.2) is 64.5 Å². The molecule has 0 atom stereocenters. The van der Waals surface area contributed by atoms with Crippen LogP contribution in [0.2, 0.25) is 0 Å². The van der Waals surface area contributed by atoms with Crippen molar-refractivity contribution in [1.29, 1.82) is 5.26 Å². The van der Waals surface area contributed by atoms with Crippen molar-refractivity contribution in [3.05, 3.63) is 60.3 Å². The van der Waals surface area contributed by atoms with Gasteiger partial charge in [-0.1, -0.05) is 36.0 Å². The molecule has 3 aromatic rings. The van der Waals surface area contributed by atoms with E-state index in [0.717, 1.165) is 25.8 Å². The number of nitrogen functional groups attached to an aromatic ring is 1. The van der Waals surface area contributed by atoms with E-state index in [2.05, 4.69) is 5.10 Å². The molecule has 122 valence electrons. The molecule has 0 spiro atoms. The van der Waals surface area contributed by atoms with Gasteiger partial charge in [0.1, 0.15) is 24.0 Å². The van der Waals surface area contributed by atoms with Gasteiger partial charge in [-0.2, -0.15) is 15.0 Å². The predicted molar refractivity (Wildman–Crippen MR) is 96.0 cm³/mol. The Balaban J connectivity index is 1.74. The maximum Gasteiger partial charge on any atom is 0.268 e. The number of rotatable bonds is 2. The molecule has 0 saturated carbocycles. The minimum absolute atomic E-state index is 0.0699. The van der Waals surface area contributed by atoms with Crippen LogP contribution in [0.1, 0.15) is 10.4 Å². The maximum absolute atomic E-state index is 12.7. The highest BCUT2D eigenvalue weighted by Gasteiger charge is 2.26. The van der Waals surface area contributed by atoms with Crippen LogP contribution in [0.4, 0.5) is 17.2 Å². The monoisotopic (exact) mass is 347 g/mol. The number of carbonyl (C=O) groups is 1. The second-order valence-corrected chi connectivity index (χ2v) is 6.57. The van der Waals surface area contributed by atoms with Crippen LogP contribution < -0.4 is 10.6 Å². The third-order valence-corrected chi connectivity index (χ3v) is 5.12. The molecule has 1 aliphatic rings. The van der Waals surface area contributed by atoms with Crippen LogP contribution in [0, 0.1) is 11.3 Å². The molecular weight excluding hydrogens is 334 g/mol. The number of fused-ring (bicyclic) bond motifs is 2. The summed E-state index contributed by atoms with van der Waals surface area (Å²) in [5.74, 6) is -0.226. The molecule has 0 radical (unpaired) electrons. The van der Waals surface area contributed by atoms with Crippen molar-refractivity contribution >= 4 is 34.9 Å². The van der Waals surface area contributed by atoms with E-state index in [0.29, 0.717) is 0 Å². The summed E-state index contributed by atoms with van der Waals surface area (Å²) in [5.41, 5.74) is 7.97. The Bertz CT molecular complexity index is 975. The number of benzene rings is 2. The van der Waals surface area contributed by atoms with Gasteiger partial charge in [-0.05, 0) is 24.3 Å². The van der Waals surface area contributed by atoms with E-state index in [9.17, 15) is 4.79 Å². The first kappa shape index (κ1) is 15.3. The summed E-state index contributed by atoms with van der Waals surface area (Å²) in [5, 5.41) is 12.9. The minimum Gasteiger partial charge on any atom is -0.382 e. The molecule has 0 fully saturated rings. The van der Waals surface area contributed by atoms with Gasteiger partial charge in [0.05, 0.1) is 17.6 Å². The molecule has 0 saturated heterocycles. The van der Waals surface area contributed by atoms with Gasteiger partial charge in [-0.15, -0.1) is 0 Å². The summed E-state index contributed by atoms with van der Waals surface area (Å²) in [4.78, 5) is 16.9. The lowest BCUT2D eigenvalue weighted by atomic mass is 10.2. The third-order valence-electron chi connectivity index (χ3n) is 3.99. The fraction of sp³-hybridized carbons (Fsp3) is 0.0556. The van der Waals surface area contributed by atoms with E-state index in [1.165, 1.54) is 6.20 Å². The summed E-state index contributed by atoms with van der Waals surface area (Å²) in [6, 6.07) is 17.8. The quantitative estimate of drug-likeness (QED) is 0.765. The molecular formula is C18H13N5OS. The second-order valence-electron chi connectivity index (χ2n) is 5.48. The first-order valence-electron chi connectivity index (χ1n) is 7.59. The highest BCUT2D eigenvalue weighted by Crippen LogP contribution is 2.47. The van der Waals surface area contributed by atoms with Crippen molar-refractivity contribution < 1.29 is 4.79 Å². The number of nitrogens with two attached hydrogens (primary N) is 1. The molecule has 7 heteroatoms. The molecule has 4 rings (SSSR count). The van der Waals surface area contributed by atoms with Crippen LogP contribution >= 0.6 is 11.8 Å². The average molecular weight is 347 g/mol. The Morgan fingerprint density at radius 1 is 1.12 bits per heavy atom. The predicted octanol–water partition coefficient (Wildman–Crippen LogP) is 3.28. The fourth-order valence-corrected chi connectivity index (χ4v) is 3.89. The van der Waals surface area contributed by atoms with Gasteiger partial charge in [0.15, 0.2) is 0 Å². The van der Waals surface area contributed by atoms with Crippen LogP contribution in [0.3, 0.4) is 0 Å². The number of para-hydroxylation sites is 2.